The van der Waals surface area contributed by atoms with Gasteiger partial charge in [0.25, 0.3) is 0 Å². The van der Waals surface area contributed by atoms with Crippen LogP contribution in [0.25, 0.3) is 0 Å². The number of benzene rings is 2. The number of primary amides is 1. The molecule has 0 aliphatic heterocycles. The number of carbonyl (C=O) groups excluding carboxylic acids is 10. The van der Waals surface area contributed by atoms with E-state index in [2.05, 4.69) is 52.5 Å². The summed E-state index contributed by atoms with van der Waals surface area (Å²) < 4.78 is 31.7. The van der Waals surface area contributed by atoms with Gasteiger partial charge in [0.2, 0.25) is 59.1 Å². The second kappa shape index (κ2) is 40.1. The van der Waals surface area contributed by atoms with Crippen LogP contribution >= 0.6 is 23.5 Å². The maximum atomic E-state index is 14.9. The molecule has 29 nitrogen and oxygen atoms in total. The summed E-state index contributed by atoms with van der Waals surface area (Å²) in [7, 11) is 1.21. The van der Waals surface area contributed by atoms with Gasteiger partial charge in [-0.3, -0.25) is 57.5 Å². The van der Waals surface area contributed by atoms with Crippen LogP contribution in [0.15, 0.2) is 73.2 Å². The molecule has 0 spiro atoms. The molecule has 16 N–H and O–H groups in total. The number of hydrogen-bond donors (Lipinski definition) is 14. The van der Waals surface area contributed by atoms with Gasteiger partial charge in [-0.2, -0.15) is 36.7 Å². The Balaban J connectivity index is 0.00000387. The maximum Gasteiger partial charge on any atom is 0.490 e. The maximum absolute atomic E-state index is 14.9. The number of amides is 10. The number of carboxylic acid groups (broad SMARTS) is 3. The molecule has 92 heavy (non-hydrogen) atoms. The molecule has 9 atom stereocenters. The van der Waals surface area contributed by atoms with Gasteiger partial charge in [0.05, 0.1) is 31.8 Å². The number of nitrogens with two attached hydrogens (primary N) is 2. The third kappa shape index (κ3) is 29.4. The molecule has 508 valence electrons. The van der Waals surface area contributed by atoms with Gasteiger partial charge in [-0.25, -0.2) is 9.78 Å². The molecule has 1 heterocycles. The first-order chi connectivity index (χ1) is 43.2. The van der Waals surface area contributed by atoms with Gasteiger partial charge in [0.15, 0.2) is 0 Å². The van der Waals surface area contributed by atoms with E-state index in [4.69, 9.17) is 21.4 Å². The molecule has 1 aromatic heterocycles. The van der Waals surface area contributed by atoms with Gasteiger partial charge in [-0.15, -0.1) is 0 Å². The smallest absolute Gasteiger partial charge is 0.481 e. The summed E-state index contributed by atoms with van der Waals surface area (Å²) in [6.07, 6.45) is -0.796. The lowest BCUT2D eigenvalue weighted by molar-refractivity contribution is -0.192. The number of H-pyrrole nitrogens is 1. The summed E-state index contributed by atoms with van der Waals surface area (Å²) >= 11 is 2.78. The normalized spacial score (nSPS) is 14.1. The summed E-state index contributed by atoms with van der Waals surface area (Å²) in [5.74, 6) is -14.1. The molecular formula is C58H82F3N13O16S2. The lowest BCUT2D eigenvalue weighted by Gasteiger charge is -2.33. The number of aliphatic carboxylic acids is 3. The van der Waals surface area contributed by atoms with Crippen molar-refractivity contribution < 1.29 is 90.8 Å². The number of carboxylic acids is 3. The minimum atomic E-state index is -5.08. The zero-order valence-corrected chi connectivity index (χ0v) is 53.3. The van der Waals surface area contributed by atoms with E-state index in [0.717, 1.165) is 4.90 Å². The fourth-order valence-electron chi connectivity index (χ4n) is 8.59. The van der Waals surface area contributed by atoms with Crippen LogP contribution in [0, 0.1) is 11.8 Å². The predicted octanol–water partition coefficient (Wildman–Crippen LogP) is -0.622. The second-order valence-electron chi connectivity index (χ2n) is 21.7. The summed E-state index contributed by atoms with van der Waals surface area (Å²) in [5.41, 5.74) is 12.7. The van der Waals surface area contributed by atoms with Crippen molar-refractivity contribution >= 4 is 101 Å². The molecule has 10 amide bonds. The molecule has 0 aliphatic carbocycles. The fourth-order valence-corrected chi connectivity index (χ4v) is 9.53. The number of thioether (sulfide) groups is 2. The lowest BCUT2D eigenvalue weighted by atomic mass is 9.99. The Morgan fingerprint density at radius 3 is 1.55 bits per heavy atom. The lowest BCUT2D eigenvalue weighted by Crippen LogP contribution is -2.61. The molecular weight excluding hydrogens is 1260 g/mol. The summed E-state index contributed by atoms with van der Waals surface area (Å²) in [5, 5.41) is 47.0. The Morgan fingerprint density at radius 1 is 0.598 bits per heavy atom. The quantitative estimate of drug-likeness (QED) is 0.0340. The third-order valence-electron chi connectivity index (χ3n) is 13.4. The van der Waals surface area contributed by atoms with Crippen LogP contribution in [-0.2, 0) is 81.6 Å². The van der Waals surface area contributed by atoms with Crippen LogP contribution in [0.1, 0.15) is 76.6 Å². The number of alkyl halides is 3. The van der Waals surface area contributed by atoms with E-state index >= 15 is 0 Å². The Hall–Kier alpha value is -8.79. The number of halogens is 3. The second-order valence-corrected chi connectivity index (χ2v) is 23.7. The molecule has 2 aromatic carbocycles. The molecule has 0 saturated heterocycles. The molecule has 0 saturated carbocycles. The van der Waals surface area contributed by atoms with Crippen molar-refractivity contribution in [1.82, 2.24) is 57.4 Å². The van der Waals surface area contributed by atoms with Crippen LogP contribution in [-0.4, -0.2) is 205 Å². The number of imidazole rings is 1. The monoisotopic (exact) mass is 1340 g/mol. The van der Waals surface area contributed by atoms with Crippen molar-refractivity contribution in [2.24, 2.45) is 23.3 Å². The van der Waals surface area contributed by atoms with Crippen molar-refractivity contribution in [3.8, 4) is 0 Å². The van der Waals surface area contributed by atoms with Crippen molar-refractivity contribution in [1.29, 1.82) is 0 Å². The molecule has 3 rings (SSSR count). The zero-order valence-electron chi connectivity index (χ0n) is 51.7. The van der Waals surface area contributed by atoms with E-state index in [1.165, 1.54) is 43.1 Å². The minimum absolute atomic E-state index is 0.0133. The number of hydrogen-bond acceptors (Lipinski definition) is 17. The fraction of sp³-hybridized carbons (Fsp3) is 0.517. The molecule has 0 bridgehead atoms. The molecule has 0 unspecified atom stereocenters. The standard InChI is InChI=1S/C56H81N13O14S2.C2HF3O2/c1-31(2)22-39(51(78)63-37(48(58)75)18-20-84-6)62-44(70)29-60-55(82)47(32(3)4)68-53(80)40(23-33-14-10-8-11-15-33)66-54(81)43(24-34-16-12-9-13-17-34)69(5)56(83)42(27-46(73)74)67-52(79)41(25-35-28-59-30-61-35)65-50(77)38(19-21-85-7)64-49(76)36(57)26-45(71)72;3-2(4,5)1(6)7/h8-17,28,30-32,36-43,47H,18-27,29,57H2,1-7H3,(H2,58,75)(H,59,61)(H,60,82)(H,62,70)(H,63,78)(H,64,76)(H,65,77)(H,66,81)(H,67,79)(H,68,80)(H,71,72)(H,73,74);(H,6,7)/t36-,37-,38-,39-,40-,41-,42-,43-,47-;/m0./s1. The van der Waals surface area contributed by atoms with Crippen LogP contribution in [0.5, 0.6) is 0 Å². The molecule has 3 aromatic rings. The average molecular weight is 1340 g/mol. The van der Waals surface area contributed by atoms with Crippen LogP contribution in [0.3, 0.4) is 0 Å². The number of aromatic amines is 1. The van der Waals surface area contributed by atoms with Gasteiger partial charge >= 0.3 is 24.1 Å². The molecule has 34 heteroatoms. The van der Waals surface area contributed by atoms with E-state index < -0.39 is 163 Å². The van der Waals surface area contributed by atoms with Crippen molar-refractivity contribution in [2.45, 2.75) is 140 Å². The van der Waals surface area contributed by atoms with Gasteiger partial charge < -0.3 is 79.2 Å². The Morgan fingerprint density at radius 2 is 1.07 bits per heavy atom. The molecule has 0 radical (unpaired) electrons. The van der Waals surface area contributed by atoms with E-state index in [1.54, 1.807) is 80.8 Å². The number of rotatable bonds is 38. The number of nitrogens with zero attached hydrogens (tertiary/aromatic N) is 2. The first kappa shape index (κ1) is 79.3. The highest BCUT2D eigenvalue weighted by Gasteiger charge is 2.40. The average Bonchev–Trinajstić information content (AvgIpc) is 0.886. The summed E-state index contributed by atoms with van der Waals surface area (Å²) in [6.45, 7) is 6.30. The predicted molar refractivity (Wildman–Crippen MR) is 331 cm³/mol. The van der Waals surface area contributed by atoms with Crippen molar-refractivity contribution in [2.75, 3.05) is 37.6 Å². The molecule has 0 fully saturated rings. The summed E-state index contributed by atoms with van der Waals surface area (Å²) in [4.78, 5) is 178. The van der Waals surface area contributed by atoms with Crippen LogP contribution in [0.4, 0.5) is 13.2 Å². The molecule has 0 aliphatic rings. The van der Waals surface area contributed by atoms with E-state index in [0.29, 0.717) is 28.3 Å². The highest BCUT2D eigenvalue weighted by atomic mass is 32.2. The number of aromatic nitrogens is 2. The SMILES string of the molecule is CSCC[C@H](NC(=O)[C@H](CC(C)C)NC(=O)CNC(=O)[C@@H](NC(=O)[C@H](Cc1ccccc1)NC(=O)[C@H](Cc1ccccc1)N(C)C(=O)[C@H](CC(=O)O)NC(=O)[C@H](Cc1cnc[nH]1)NC(=O)[C@H](CCSC)NC(=O)[C@@H](N)CC(=O)O)C(C)C)C(N)=O.O=C(O)C(F)(F)F. The van der Waals surface area contributed by atoms with Gasteiger partial charge in [-0.1, -0.05) is 88.4 Å². The van der Waals surface area contributed by atoms with Crippen LogP contribution in [0.2, 0.25) is 0 Å². The highest BCUT2D eigenvalue weighted by Crippen LogP contribution is 2.16. The van der Waals surface area contributed by atoms with E-state index in [1.807, 2.05) is 20.1 Å². The zero-order chi connectivity index (χ0) is 69.4. The number of nitrogens with one attached hydrogen (secondary N) is 9. The first-order valence-electron chi connectivity index (χ1n) is 28.7. The highest BCUT2D eigenvalue weighted by molar-refractivity contribution is 7.98. The number of likely N-dealkylation sites (N-methyl/N-ethyl adjacent to an activating group) is 1. The van der Waals surface area contributed by atoms with Gasteiger partial charge in [0, 0.05) is 38.2 Å². The Bertz CT molecular complexity index is 2950. The van der Waals surface area contributed by atoms with Gasteiger partial charge in [-0.05, 0) is 66.2 Å². The third-order valence-corrected chi connectivity index (χ3v) is 14.7. The Kier molecular flexibility index (Phi) is 34.6. The Labute approximate surface area is 537 Å². The first-order valence-corrected chi connectivity index (χ1v) is 31.4. The van der Waals surface area contributed by atoms with Crippen molar-refractivity contribution in [3.05, 3.63) is 90.0 Å². The van der Waals surface area contributed by atoms with E-state index in [-0.39, 0.29) is 44.4 Å². The van der Waals surface area contributed by atoms with Crippen molar-refractivity contribution in [3.63, 3.8) is 0 Å². The van der Waals surface area contributed by atoms with Gasteiger partial charge in [0.1, 0.15) is 48.3 Å². The largest absolute Gasteiger partial charge is 0.490 e. The number of carbonyl (C=O) groups is 13. The van der Waals surface area contributed by atoms with E-state index in [9.17, 15) is 80.9 Å². The van der Waals surface area contributed by atoms with Crippen LogP contribution < -0.4 is 54.0 Å². The topological polar surface area (TPSA) is 463 Å². The summed E-state index contributed by atoms with van der Waals surface area (Å²) in [6, 6.07) is 4.32. The minimum Gasteiger partial charge on any atom is -0.481 e.